The molecule has 0 saturated carbocycles. The molecule has 0 aliphatic rings. The number of ether oxygens (including phenoxy) is 1. The fourth-order valence-corrected chi connectivity index (χ4v) is 1.07. The number of anilines is 1. The molecule has 1 heterocycles. The summed E-state index contributed by atoms with van der Waals surface area (Å²) in [5.41, 5.74) is 6.57. The van der Waals surface area contributed by atoms with Gasteiger partial charge in [-0.3, -0.25) is 0 Å². The van der Waals surface area contributed by atoms with Gasteiger partial charge in [0.05, 0.1) is 12.2 Å². The summed E-state index contributed by atoms with van der Waals surface area (Å²) < 4.78 is 5.38. The predicted molar refractivity (Wildman–Crippen MR) is 56.4 cm³/mol. The summed E-state index contributed by atoms with van der Waals surface area (Å²) >= 11 is 0. The second-order valence-electron chi connectivity index (χ2n) is 3.48. The Hall–Kier alpha value is -1.32. The highest BCUT2D eigenvalue weighted by Gasteiger charge is 2.11. The maximum atomic E-state index is 5.76. The first-order valence-corrected chi connectivity index (χ1v) is 4.83. The van der Waals surface area contributed by atoms with Gasteiger partial charge in [-0.1, -0.05) is 13.8 Å². The zero-order valence-electron chi connectivity index (χ0n) is 9.16. The number of nitrogens with two attached hydrogens (primary N) is 1. The van der Waals surface area contributed by atoms with E-state index in [0.29, 0.717) is 18.3 Å². The van der Waals surface area contributed by atoms with Crippen LogP contribution in [0.3, 0.4) is 0 Å². The van der Waals surface area contributed by atoms with Crippen molar-refractivity contribution in [1.29, 1.82) is 0 Å². The first kappa shape index (κ1) is 10.8. The number of hydrogen-bond donors (Lipinski definition) is 1. The lowest BCUT2D eigenvalue weighted by Crippen LogP contribution is -2.07. The zero-order valence-corrected chi connectivity index (χ0v) is 9.16. The lowest BCUT2D eigenvalue weighted by Gasteiger charge is -2.11. The Bertz CT molecular complexity index is 323. The standard InChI is InChI=1S/C10H17N3O/c1-5-14-10-7(4)8(11)12-9(13-10)6(2)3/h6H,5H2,1-4H3,(H2,11,12,13). The van der Waals surface area contributed by atoms with Crippen LogP contribution in [-0.4, -0.2) is 16.6 Å². The van der Waals surface area contributed by atoms with Gasteiger partial charge in [-0.25, -0.2) is 4.98 Å². The van der Waals surface area contributed by atoms with Crippen molar-refractivity contribution in [3.63, 3.8) is 0 Å². The van der Waals surface area contributed by atoms with Gasteiger partial charge < -0.3 is 10.5 Å². The second-order valence-corrected chi connectivity index (χ2v) is 3.48. The molecule has 0 aliphatic carbocycles. The van der Waals surface area contributed by atoms with Crippen molar-refractivity contribution in [2.45, 2.75) is 33.6 Å². The molecule has 0 aliphatic heterocycles. The maximum Gasteiger partial charge on any atom is 0.221 e. The van der Waals surface area contributed by atoms with Crippen LogP contribution in [0.25, 0.3) is 0 Å². The minimum Gasteiger partial charge on any atom is -0.478 e. The van der Waals surface area contributed by atoms with E-state index in [-0.39, 0.29) is 5.92 Å². The molecular formula is C10H17N3O. The van der Waals surface area contributed by atoms with Crippen LogP contribution in [0.1, 0.15) is 38.1 Å². The highest BCUT2D eigenvalue weighted by Crippen LogP contribution is 2.22. The van der Waals surface area contributed by atoms with Gasteiger partial charge in [0.25, 0.3) is 0 Å². The van der Waals surface area contributed by atoms with Crippen LogP contribution in [0, 0.1) is 6.92 Å². The SMILES string of the molecule is CCOc1nc(C(C)C)nc(N)c1C. The van der Waals surface area contributed by atoms with E-state index in [4.69, 9.17) is 10.5 Å². The average molecular weight is 195 g/mol. The Kier molecular flexibility index (Phi) is 3.28. The third-order valence-corrected chi connectivity index (χ3v) is 1.95. The Morgan fingerprint density at radius 3 is 2.50 bits per heavy atom. The quantitative estimate of drug-likeness (QED) is 0.800. The van der Waals surface area contributed by atoms with Crippen molar-refractivity contribution in [1.82, 2.24) is 9.97 Å². The van der Waals surface area contributed by atoms with Gasteiger partial charge in [-0.2, -0.15) is 4.98 Å². The van der Waals surface area contributed by atoms with Crippen LogP contribution in [0.5, 0.6) is 5.88 Å². The largest absolute Gasteiger partial charge is 0.478 e. The molecule has 0 atom stereocenters. The average Bonchev–Trinajstić information content (AvgIpc) is 2.12. The van der Waals surface area contributed by atoms with Gasteiger partial charge in [0.15, 0.2) is 0 Å². The Labute approximate surface area is 84.5 Å². The number of nitrogen functional groups attached to an aromatic ring is 1. The van der Waals surface area contributed by atoms with E-state index < -0.39 is 0 Å². The molecule has 0 unspecified atom stereocenters. The van der Waals surface area contributed by atoms with Gasteiger partial charge >= 0.3 is 0 Å². The maximum absolute atomic E-state index is 5.76. The van der Waals surface area contributed by atoms with Crippen LogP contribution in [0.2, 0.25) is 0 Å². The molecule has 0 spiro atoms. The molecule has 14 heavy (non-hydrogen) atoms. The molecule has 4 nitrogen and oxygen atoms in total. The Balaban J connectivity index is 3.14. The van der Waals surface area contributed by atoms with E-state index in [1.807, 2.05) is 27.7 Å². The van der Waals surface area contributed by atoms with Crippen molar-refractivity contribution >= 4 is 5.82 Å². The van der Waals surface area contributed by atoms with E-state index in [9.17, 15) is 0 Å². The first-order valence-electron chi connectivity index (χ1n) is 4.83. The highest BCUT2D eigenvalue weighted by molar-refractivity contribution is 5.44. The van der Waals surface area contributed by atoms with Gasteiger partial charge in [-0.05, 0) is 13.8 Å². The summed E-state index contributed by atoms with van der Waals surface area (Å²) in [5.74, 6) is 2.10. The van der Waals surface area contributed by atoms with Crippen molar-refractivity contribution in [2.24, 2.45) is 0 Å². The normalized spacial score (nSPS) is 10.6. The molecule has 4 heteroatoms. The molecule has 0 aromatic carbocycles. The molecule has 1 aromatic heterocycles. The lowest BCUT2D eigenvalue weighted by atomic mass is 10.2. The monoisotopic (exact) mass is 195 g/mol. The van der Waals surface area contributed by atoms with Crippen LogP contribution in [-0.2, 0) is 0 Å². The van der Waals surface area contributed by atoms with E-state index in [1.54, 1.807) is 0 Å². The van der Waals surface area contributed by atoms with E-state index in [1.165, 1.54) is 0 Å². The molecule has 1 rings (SSSR count). The van der Waals surface area contributed by atoms with Crippen molar-refractivity contribution in [3.8, 4) is 5.88 Å². The van der Waals surface area contributed by atoms with Gasteiger partial charge in [0, 0.05) is 5.92 Å². The molecule has 0 radical (unpaired) electrons. The molecule has 78 valence electrons. The van der Waals surface area contributed by atoms with Crippen LogP contribution in [0.4, 0.5) is 5.82 Å². The number of rotatable bonds is 3. The fourth-order valence-electron chi connectivity index (χ4n) is 1.07. The third-order valence-electron chi connectivity index (χ3n) is 1.95. The number of nitrogens with zero attached hydrogens (tertiary/aromatic N) is 2. The second kappa shape index (κ2) is 4.26. The smallest absolute Gasteiger partial charge is 0.221 e. The summed E-state index contributed by atoms with van der Waals surface area (Å²) in [7, 11) is 0. The van der Waals surface area contributed by atoms with E-state index >= 15 is 0 Å². The highest BCUT2D eigenvalue weighted by atomic mass is 16.5. The Morgan fingerprint density at radius 2 is 2.00 bits per heavy atom. The Morgan fingerprint density at radius 1 is 1.36 bits per heavy atom. The molecular weight excluding hydrogens is 178 g/mol. The van der Waals surface area contributed by atoms with Crippen LogP contribution < -0.4 is 10.5 Å². The summed E-state index contributed by atoms with van der Waals surface area (Å²) in [6.07, 6.45) is 0. The number of hydrogen-bond acceptors (Lipinski definition) is 4. The molecule has 1 aromatic rings. The van der Waals surface area contributed by atoms with Crippen molar-refractivity contribution in [2.75, 3.05) is 12.3 Å². The number of aromatic nitrogens is 2. The van der Waals surface area contributed by atoms with Gasteiger partial charge in [0.1, 0.15) is 11.6 Å². The molecule has 0 saturated heterocycles. The molecule has 0 bridgehead atoms. The predicted octanol–water partition coefficient (Wildman–Crippen LogP) is 1.89. The third kappa shape index (κ3) is 2.13. The van der Waals surface area contributed by atoms with E-state index in [2.05, 4.69) is 9.97 Å². The minimum atomic E-state index is 0.261. The van der Waals surface area contributed by atoms with Gasteiger partial charge in [-0.15, -0.1) is 0 Å². The van der Waals surface area contributed by atoms with Crippen LogP contribution in [0.15, 0.2) is 0 Å². The van der Waals surface area contributed by atoms with Gasteiger partial charge in [0.2, 0.25) is 5.88 Å². The lowest BCUT2D eigenvalue weighted by molar-refractivity contribution is 0.322. The first-order chi connectivity index (χ1) is 6.56. The zero-order chi connectivity index (χ0) is 10.7. The molecule has 2 N–H and O–H groups in total. The minimum absolute atomic E-state index is 0.261. The van der Waals surface area contributed by atoms with Crippen molar-refractivity contribution < 1.29 is 4.74 Å². The summed E-state index contributed by atoms with van der Waals surface area (Å²) in [4.78, 5) is 8.51. The molecule has 0 amide bonds. The van der Waals surface area contributed by atoms with Crippen LogP contribution >= 0.6 is 0 Å². The molecule has 0 fully saturated rings. The summed E-state index contributed by atoms with van der Waals surface area (Å²) in [6, 6.07) is 0. The fraction of sp³-hybridized carbons (Fsp3) is 0.600. The summed E-state index contributed by atoms with van der Waals surface area (Å²) in [6.45, 7) is 8.44. The topological polar surface area (TPSA) is 61.0 Å². The van der Waals surface area contributed by atoms with Crippen molar-refractivity contribution in [3.05, 3.63) is 11.4 Å². The van der Waals surface area contributed by atoms with E-state index in [0.717, 1.165) is 11.4 Å². The summed E-state index contributed by atoms with van der Waals surface area (Å²) in [5, 5.41) is 0.